The molecule has 1 aromatic rings. The van der Waals surface area contributed by atoms with E-state index in [1.54, 1.807) is 6.92 Å². The number of hydrogen-bond donors (Lipinski definition) is 1. The highest BCUT2D eigenvalue weighted by Crippen LogP contribution is 2.27. The Morgan fingerprint density at radius 2 is 2.10 bits per heavy atom. The van der Waals surface area contributed by atoms with Gasteiger partial charge < -0.3 is 14.6 Å². The van der Waals surface area contributed by atoms with Gasteiger partial charge in [0.05, 0.1) is 12.7 Å². The van der Waals surface area contributed by atoms with Gasteiger partial charge in [-0.15, -0.1) is 0 Å². The van der Waals surface area contributed by atoms with Crippen molar-refractivity contribution in [3.63, 3.8) is 0 Å². The van der Waals surface area contributed by atoms with E-state index in [2.05, 4.69) is 0 Å². The molecule has 0 amide bonds. The van der Waals surface area contributed by atoms with E-state index in [1.807, 2.05) is 6.92 Å². The summed E-state index contributed by atoms with van der Waals surface area (Å²) in [6, 6.07) is 3.85. The number of esters is 1. The van der Waals surface area contributed by atoms with Crippen molar-refractivity contribution >= 4 is 5.97 Å². The largest absolute Gasteiger partial charge is 0.478 e. The minimum Gasteiger partial charge on any atom is -0.478 e. The molecule has 112 valence electrons. The van der Waals surface area contributed by atoms with Gasteiger partial charge in [-0.1, -0.05) is 13.3 Å². The number of halogens is 1. The van der Waals surface area contributed by atoms with Crippen LogP contribution in [0.15, 0.2) is 18.2 Å². The molecule has 1 aromatic carbocycles. The average molecular weight is 284 g/mol. The Bertz CT molecular complexity index is 445. The molecular formula is C15H21FO4. The molecule has 20 heavy (non-hydrogen) atoms. The Kier molecular flexibility index (Phi) is 6.45. The monoisotopic (exact) mass is 284 g/mol. The van der Waals surface area contributed by atoms with Gasteiger partial charge in [-0.25, -0.2) is 9.18 Å². The second-order valence-corrected chi connectivity index (χ2v) is 4.51. The van der Waals surface area contributed by atoms with Crippen molar-refractivity contribution in [2.24, 2.45) is 0 Å². The smallest absolute Gasteiger partial charge is 0.347 e. The Morgan fingerprint density at radius 1 is 1.40 bits per heavy atom. The highest BCUT2D eigenvalue weighted by atomic mass is 19.1. The first-order valence-electron chi connectivity index (χ1n) is 6.80. The molecule has 5 heteroatoms. The van der Waals surface area contributed by atoms with Gasteiger partial charge in [0.1, 0.15) is 11.6 Å². The van der Waals surface area contributed by atoms with Gasteiger partial charge in [0.25, 0.3) is 0 Å². The van der Waals surface area contributed by atoms with Crippen molar-refractivity contribution in [3.8, 4) is 5.75 Å². The first kappa shape index (κ1) is 16.4. The van der Waals surface area contributed by atoms with Crippen LogP contribution in [-0.2, 0) is 9.53 Å². The summed E-state index contributed by atoms with van der Waals surface area (Å²) in [4.78, 5) is 11.8. The summed E-state index contributed by atoms with van der Waals surface area (Å²) in [5, 5.41) is 9.65. The molecule has 2 atom stereocenters. The van der Waals surface area contributed by atoms with Gasteiger partial charge >= 0.3 is 5.97 Å². The number of ether oxygens (including phenoxy) is 2. The van der Waals surface area contributed by atoms with Gasteiger partial charge in [0.2, 0.25) is 0 Å². The van der Waals surface area contributed by atoms with Crippen LogP contribution in [0.5, 0.6) is 5.75 Å². The molecule has 0 aliphatic heterocycles. The van der Waals surface area contributed by atoms with E-state index in [4.69, 9.17) is 9.47 Å². The predicted octanol–water partition coefficient (Wildman–Crippen LogP) is 2.99. The highest BCUT2D eigenvalue weighted by Gasteiger charge is 2.23. The first-order valence-corrected chi connectivity index (χ1v) is 6.80. The lowest BCUT2D eigenvalue weighted by molar-refractivity contribution is -0.151. The Balaban J connectivity index is 2.95. The lowest BCUT2D eigenvalue weighted by atomic mass is 10.1. The fourth-order valence-electron chi connectivity index (χ4n) is 1.83. The van der Waals surface area contributed by atoms with Crippen molar-refractivity contribution in [1.82, 2.24) is 0 Å². The molecular weight excluding hydrogens is 263 g/mol. The minimum atomic E-state index is -0.884. The van der Waals surface area contributed by atoms with Gasteiger partial charge in [0, 0.05) is 5.56 Å². The molecule has 0 bridgehead atoms. The van der Waals surface area contributed by atoms with Crippen molar-refractivity contribution in [3.05, 3.63) is 29.6 Å². The van der Waals surface area contributed by atoms with E-state index in [9.17, 15) is 14.3 Å². The molecule has 0 saturated heterocycles. The zero-order valence-electron chi connectivity index (χ0n) is 12.1. The van der Waals surface area contributed by atoms with Crippen LogP contribution in [0.25, 0.3) is 0 Å². The van der Waals surface area contributed by atoms with Crippen molar-refractivity contribution < 1.29 is 23.8 Å². The third-order valence-electron chi connectivity index (χ3n) is 2.79. The Hall–Kier alpha value is -1.62. The normalized spacial score (nSPS) is 13.7. The second kappa shape index (κ2) is 7.85. The number of benzene rings is 1. The molecule has 0 aliphatic rings. The Labute approximate surface area is 118 Å². The Morgan fingerprint density at radius 3 is 2.65 bits per heavy atom. The van der Waals surface area contributed by atoms with E-state index in [0.29, 0.717) is 17.7 Å². The van der Waals surface area contributed by atoms with Gasteiger partial charge in [-0.3, -0.25) is 0 Å². The van der Waals surface area contributed by atoms with Gasteiger partial charge in [-0.05, 0) is 38.5 Å². The fraction of sp³-hybridized carbons (Fsp3) is 0.533. The quantitative estimate of drug-likeness (QED) is 0.782. The van der Waals surface area contributed by atoms with Crippen LogP contribution in [0.3, 0.4) is 0 Å². The number of rotatable bonds is 7. The molecule has 2 unspecified atom stereocenters. The average Bonchev–Trinajstić information content (AvgIpc) is 2.40. The maximum absolute atomic E-state index is 13.2. The maximum Gasteiger partial charge on any atom is 0.347 e. The van der Waals surface area contributed by atoms with Crippen LogP contribution in [0, 0.1) is 5.82 Å². The van der Waals surface area contributed by atoms with E-state index in [1.165, 1.54) is 25.1 Å². The number of carbonyl (C=O) groups excluding carboxylic acids is 1. The zero-order chi connectivity index (χ0) is 15.1. The molecule has 0 radical (unpaired) electrons. The molecule has 0 fully saturated rings. The van der Waals surface area contributed by atoms with Crippen LogP contribution in [0.2, 0.25) is 0 Å². The molecule has 1 rings (SSSR count). The molecule has 0 heterocycles. The summed E-state index contributed by atoms with van der Waals surface area (Å²) in [5.41, 5.74) is 0.315. The number of carbonyl (C=O) groups is 1. The summed E-state index contributed by atoms with van der Waals surface area (Å²) >= 11 is 0. The van der Waals surface area contributed by atoms with Crippen LogP contribution < -0.4 is 4.74 Å². The molecule has 0 aliphatic carbocycles. The van der Waals surface area contributed by atoms with E-state index < -0.39 is 24.0 Å². The standard InChI is InChI=1S/C15H21FO4/c1-4-6-14(15(18)19-5-2)20-13-8-7-11(16)9-12(13)10(3)17/h7-10,14,17H,4-6H2,1-3H3. The summed E-state index contributed by atoms with van der Waals surface area (Å²) in [6.07, 6.45) is -0.391. The SMILES string of the molecule is CCCC(Oc1ccc(F)cc1C(C)O)C(=O)OCC. The lowest BCUT2D eigenvalue weighted by Crippen LogP contribution is -2.29. The molecule has 0 spiro atoms. The van der Waals surface area contributed by atoms with E-state index in [0.717, 1.165) is 6.42 Å². The summed E-state index contributed by atoms with van der Waals surface area (Å²) in [6.45, 7) is 5.44. The van der Waals surface area contributed by atoms with Crippen LogP contribution in [-0.4, -0.2) is 23.8 Å². The molecule has 4 nitrogen and oxygen atoms in total. The number of hydrogen-bond acceptors (Lipinski definition) is 4. The van der Waals surface area contributed by atoms with Crippen molar-refractivity contribution in [1.29, 1.82) is 0 Å². The predicted molar refractivity (Wildman–Crippen MR) is 73.0 cm³/mol. The summed E-state index contributed by atoms with van der Waals surface area (Å²) < 4.78 is 23.8. The highest BCUT2D eigenvalue weighted by molar-refractivity contribution is 5.75. The van der Waals surface area contributed by atoms with Gasteiger partial charge in [-0.2, -0.15) is 0 Å². The molecule has 0 saturated carbocycles. The van der Waals surface area contributed by atoms with E-state index >= 15 is 0 Å². The first-order chi connectivity index (χ1) is 9.49. The van der Waals surface area contributed by atoms with Gasteiger partial charge in [0.15, 0.2) is 6.10 Å². The van der Waals surface area contributed by atoms with Crippen molar-refractivity contribution in [2.45, 2.75) is 45.8 Å². The van der Waals surface area contributed by atoms with E-state index in [-0.39, 0.29) is 6.61 Å². The van der Waals surface area contributed by atoms with Crippen molar-refractivity contribution in [2.75, 3.05) is 6.61 Å². The second-order valence-electron chi connectivity index (χ2n) is 4.51. The zero-order valence-corrected chi connectivity index (χ0v) is 12.1. The minimum absolute atomic E-state index is 0.273. The molecule has 1 N–H and O–H groups in total. The van der Waals surface area contributed by atoms with Crippen LogP contribution in [0.4, 0.5) is 4.39 Å². The third-order valence-corrected chi connectivity index (χ3v) is 2.79. The number of aliphatic hydroxyl groups excluding tert-OH is 1. The lowest BCUT2D eigenvalue weighted by Gasteiger charge is -2.20. The van der Waals surface area contributed by atoms with Crippen LogP contribution in [0.1, 0.15) is 45.3 Å². The maximum atomic E-state index is 13.2. The number of aliphatic hydroxyl groups is 1. The summed E-state index contributed by atoms with van der Waals surface area (Å²) in [7, 11) is 0. The summed E-state index contributed by atoms with van der Waals surface area (Å²) in [5.74, 6) is -0.612. The van der Waals surface area contributed by atoms with Crippen LogP contribution >= 0.6 is 0 Å². The third kappa shape index (κ3) is 4.49. The molecule has 0 aromatic heterocycles. The fourth-order valence-corrected chi connectivity index (χ4v) is 1.83. The topological polar surface area (TPSA) is 55.8 Å².